The molecule has 2 fully saturated rings. The summed E-state index contributed by atoms with van der Waals surface area (Å²) < 4.78 is 5.54. The molecule has 104 valence electrons. The average Bonchev–Trinajstić information content (AvgIpc) is 2.98. The van der Waals surface area contributed by atoms with Gasteiger partial charge < -0.3 is 19.6 Å². The number of amides is 1. The molecule has 6 nitrogen and oxygen atoms in total. The van der Waals surface area contributed by atoms with Gasteiger partial charge in [-0.1, -0.05) is 12.2 Å². The van der Waals surface area contributed by atoms with E-state index in [9.17, 15) is 14.7 Å². The lowest BCUT2D eigenvalue weighted by Gasteiger charge is -2.35. The molecule has 0 spiro atoms. The monoisotopic (exact) mass is 266 g/mol. The third-order valence-electron chi connectivity index (χ3n) is 4.28. The zero-order chi connectivity index (χ0) is 13.6. The van der Waals surface area contributed by atoms with Crippen LogP contribution in [0.2, 0.25) is 0 Å². The zero-order valence-electron chi connectivity index (χ0n) is 10.9. The van der Waals surface area contributed by atoms with Crippen LogP contribution in [0.5, 0.6) is 0 Å². The molecule has 0 aromatic heterocycles. The maximum atomic E-state index is 12.5. The van der Waals surface area contributed by atoms with Crippen molar-refractivity contribution in [2.24, 2.45) is 11.8 Å². The highest BCUT2D eigenvalue weighted by atomic mass is 16.5. The van der Waals surface area contributed by atoms with Gasteiger partial charge in [0, 0.05) is 26.2 Å². The quantitative estimate of drug-likeness (QED) is 0.677. The molecule has 4 atom stereocenters. The molecule has 0 saturated carbocycles. The predicted molar refractivity (Wildman–Crippen MR) is 66.5 cm³/mol. The van der Waals surface area contributed by atoms with E-state index in [-0.39, 0.29) is 12.0 Å². The summed E-state index contributed by atoms with van der Waals surface area (Å²) >= 11 is 0. The number of likely N-dealkylation sites (N-methyl/N-ethyl adjacent to an activating group) is 1. The Labute approximate surface area is 111 Å². The first-order chi connectivity index (χ1) is 9.08. The van der Waals surface area contributed by atoms with Crippen molar-refractivity contribution in [1.82, 2.24) is 9.80 Å². The number of nitrogens with zero attached hydrogens (tertiary/aromatic N) is 2. The van der Waals surface area contributed by atoms with Crippen LogP contribution >= 0.6 is 0 Å². The number of rotatable bonds is 2. The summed E-state index contributed by atoms with van der Waals surface area (Å²) in [5, 5.41) is 9.30. The fourth-order valence-corrected chi connectivity index (χ4v) is 3.13. The van der Waals surface area contributed by atoms with Crippen LogP contribution in [-0.4, -0.2) is 72.2 Å². The van der Waals surface area contributed by atoms with Gasteiger partial charge in [0.25, 0.3) is 0 Å². The molecule has 3 aliphatic heterocycles. The van der Waals surface area contributed by atoms with Gasteiger partial charge in [-0.05, 0) is 7.05 Å². The van der Waals surface area contributed by atoms with Crippen LogP contribution < -0.4 is 0 Å². The Morgan fingerprint density at radius 1 is 1.11 bits per heavy atom. The molecular formula is C13H18N2O4. The number of hydrogen-bond donors (Lipinski definition) is 1. The summed E-state index contributed by atoms with van der Waals surface area (Å²) in [6.45, 7) is 3.00. The van der Waals surface area contributed by atoms with Crippen LogP contribution in [0.1, 0.15) is 0 Å². The van der Waals surface area contributed by atoms with Crippen molar-refractivity contribution in [3.05, 3.63) is 12.2 Å². The van der Waals surface area contributed by atoms with Gasteiger partial charge in [-0.15, -0.1) is 0 Å². The first-order valence-corrected chi connectivity index (χ1v) is 6.62. The SMILES string of the molecule is CN1CCN(C(=O)[C@@H]2[C@@H](C(=O)O)[C@H]3C=C[C@H]2O3)CC1. The van der Waals surface area contributed by atoms with Crippen LogP contribution in [-0.2, 0) is 14.3 Å². The summed E-state index contributed by atoms with van der Waals surface area (Å²) in [6.07, 6.45) is 2.78. The molecule has 0 unspecified atom stereocenters. The molecule has 0 aromatic rings. The number of ether oxygens (including phenoxy) is 1. The minimum atomic E-state index is -0.940. The van der Waals surface area contributed by atoms with Crippen LogP contribution in [0, 0.1) is 11.8 Å². The van der Waals surface area contributed by atoms with Crippen molar-refractivity contribution in [1.29, 1.82) is 0 Å². The largest absolute Gasteiger partial charge is 0.481 e. The maximum absolute atomic E-state index is 12.5. The smallest absolute Gasteiger partial charge is 0.310 e. The van der Waals surface area contributed by atoms with Gasteiger partial charge in [0.15, 0.2) is 0 Å². The van der Waals surface area contributed by atoms with E-state index in [1.54, 1.807) is 11.0 Å². The lowest BCUT2D eigenvalue weighted by molar-refractivity contribution is -0.150. The second-order valence-corrected chi connectivity index (χ2v) is 5.47. The number of fused-ring (bicyclic) bond motifs is 2. The highest BCUT2D eigenvalue weighted by Crippen LogP contribution is 2.40. The van der Waals surface area contributed by atoms with Crippen LogP contribution in [0.25, 0.3) is 0 Å². The van der Waals surface area contributed by atoms with Gasteiger partial charge in [0.2, 0.25) is 5.91 Å². The maximum Gasteiger partial charge on any atom is 0.310 e. The molecular weight excluding hydrogens is 248 g/mol. The van der Waals surface area contributed by atoms with Crippen LogP contribution in [0.3, 0.4) is 0 Å². The van der Waals surface area contributed by atoms with E-state index in [0.717, 1.165) is 13.1 Å². The Morgan fingerprint density at radius 2 is 1.68 bits per heavy atom. The molecule has 3 heterocycles. The molecule has 1 amide bonds. The fraction of sp³-hybridized carbons (Fsp3) is 0.692. The Kier molecular flexibility index (Phi) is 3.06. The first-order valence-electron chi connectivity index (χ1n) is 6.62. The molecule has 1 N–H and O–H groups in total. The Bertz CT molecular complexity index is 428. The molecule has 0 aliphatic carbocycles. The molecule has 3 aliphatic rings. The minimum Gasteiger partial charge on any atom is -0.481 e. The average molecular weight is 266 g/mol. The fourth-order valence-electron chi connectivity index (χ4n) is 3.13. The Balaban J connectivity index is 1.75. The lowest BCUT2D eigenvalue weighted by Crippen LogP contribution is -2.52. The second kappa shape index (κ2) is 4.61. The third kappa shape index (κ3) is 2.04. The topological polar surface area (TPSA) is 70.1 Å². The van der Waals surface area contributed by atoms with Gasteiger partial charge in [0.05, 0.1) is 18.1 Å². The lowest BCUT2D eigenvalue weighted by atomic mass is 9.82. The number of piperazine rings is 1. The highest BCUT2D eigenvalue weighted by molar-refractivity contribution is 5.87. The van der Waals surface area contributed by atoms with Gasteiger partial charge in [0.1, 0.15) is 5.92 Å². The van der Waals surface area contributed by atoms with E-state index in [2.05, 4.69) is 4.90 Å². The second-order valence-electron chi connectivity index (χ2n) is 5.47. The molecule has 19 heavy (non-hydrogen) atoms. The van der Waals surface area contributed by atoms with E-state index < -0.39 is 23.9 Å². The molecule has 2 saturated heterocycles. The minimum absolute atomic E-state index is 0.0719. The summed E-state index contributed by atoms with van der Waals surface area (Å²) in [4.78, 5) is 27.8. The number of carbonyl (C=O) groups excluding carboxylic acids is 1. The first kappa shape index (κ1) is 12.6. The van der Waals surface area contributed by atoms with E-state index in [0.29, 0.717) is 13.1 Å². The summed E-state index contributed by atoms with van der Waals surface area (Å²) in [7, 11) is 2.02. The van der Waals surface area contributed by atoms with E-state index in [4.69, 9.17) is 4.74 Å². The van der Waals surface area contributed by atoms with Crippen molar-refractivity contribution < 1.29 is 19.4 Å². The molecule has 0 radical (unpaired) electrons. The van der Waals surface area contributed by atoms with Crippen molar-refractivity contribution in [3.8, 4) is 0 Å². The van der Waals surface area contributed by atoms with Gasteiger partial charge in [-0.25, -0.2) is 0 Å². The summed E-state index contributed by atoms with van der Waals surface area (Å²) in [5.41, 5.74) is 0. The van der Waals surface area contributed by atoms with Crippen molar-refractivity contribution in [2.75, 3.05) is 33.2 Å². The van der Waals surface area contributed by atoms with Crippen LogP contribution in [0.4, 0.5) is 0 Å². The van der Waals surface area contributed by atoms with Crippen molar-refractivity contribution in [3.63, 3.8) is 0 Å². The normalized spacial score (nSPS) is 37.8. The van der Waals surface area contributed by atoms with E-state index in [1.807, 2.05) is 13.1 Å². The zero-order valence-corrected chi connectivity index (χ0v) is 10.9. The number of carboxylic acids is 1. The van der Waals surface area contributed by atoms with E-state index >= 15 is 0 Å². The van der Waals surface area contributed by atoms with Gasteiger partial charge >= 0.3 is 5.97 Å². The number of carboxylic acid groups (broad SMARTS) is 1. The highest BCUT2D eigenvalue weighted by Gasteiger charge is 2.54. The predicted octanol–water partition coefficient (Wildman–Crippen LogP) is -0.585. The van der Waals surface area contributed by atoms with Crippen LogP contribution in [0.15, 0.2) is 12.2 Å². The van der Waals surface area contributed by atoms with Gasteiger partial charge in [-0.3, -0.25) is 9.59 Å². The summed E-state index contributed by atoms with van der Waals surface area (Å²) in [6, 6.07) is 0. The summed E-state index contributed by atoms with van der Waals surface area (Å²) in [5.74, 6) is -2.31. The third-order valence-corrected chi connectivity index (χ3v) is 4.28. The molecule has 3 rings (SSSR count). The Hall–Kier alpha value is -1.40. The Morgan fingerprint density at radius 3 is 2.26 bits per heavy atom. The van der Waals surface area contributed by atoms with Gasteiger partial charge in [-0.2, -0.15) is 0 Å². The number of carbonyl (C=O) groups is 2. The standard InChI is InChI=1S/C13H18N2O4/c1-14-4-6-15(7-5-14)12(16)10-8-2-3-9(19-8)11(10)13(17)18/h2-3,8-11H,4-7H2,1H3,(H,17,18)/t8-,9-,10+,11+/m1/s1. The molecule has 6 heteroatoms. The van der Waals surface area contributed by atoms with E-state index in [1.165, 1.54) is 0 Å². The number of aliphatic carboxylic acids is 1. The van der Waals surface area contributed by atoms with Crippen molar-refractivity contribution in [2.45, 2.75) is 12.2 Å². The van der Waals surface area contributed by atoms with Crippen molar-refractivity contribution >= 4 is 11.9 Å². The molecule has 0 aromatic carbocycles. The number of hydrogen-bond acceptors (Lipinski definition) is 4. The molecule has 2 bridgehead atoms.